The predicted molar refractivity (Wildman–Crippen MR) is 71.2 cm³/mol. The van der Waals surface area contributed by atoms with Gasteiger partial charge >= 0.3 is 0 Å². The molecule has 1 heterocycles. The highest BCUT2D eigenvalue weighted by Crippen LogP contribution is 2.18. The quantitative estimate of drug-likeness (QED) is 0.795. The molecule has 0 atom stereocenters. The number of aromatic nitrogens is 2. The van der Waals surface area contributed by atoms with Crippen LogP contribution in [0.2, 0.25) is 0 Å². The summed E-state index contributed by atoms with van der Waals surface area (Å²) in [4.78, 5) is 2.22. The summed E-state index contributed by atoms with van der Waals surface area (Å²) in [5, 5.41) is 9.89. The van der Waals surface area contributed by atoms with Gasteiger partial charge in [0.05, 0.1) is 0 Å². The van der Waals surface area contributed by atoms with Gasteiger partial charge in [-0.1, -0.05) is 57.6 Å². The fourth-order valence-corrected chi connectivity index (χ4v) is 2.47. The molecule has 1 aromatic heterocycles. The van der Waals surface area contributed by atoms with E-state index in [4.69, 9.17) is 0 Å². The van der Waals surface area contributed by atoms with Crippen molar-refractivity contribution in [3.63, 3.8) is 0 Å². The summed E-state index contributed by atoms with van der Waals surface area (Å²) in [6, 6.07) is 10.4. The Morgan fingerprint density at radius 3 is 2.69 bits per heavy atom. The number of rotatable bonds is 5. The lowest BCUT2D eigenvalue weighted by Gasteiger charge is -2.20. The summed E-state index contributed by atoms with van der Waals surface area (Å²) >= 11 is 5.04. The SMILES string of the molecule is BrCCN(Cc1ccccc1)c1nncs1. The number of hydrogen-bond donors (Lipinski definition) is 0. The summed E-state index contributed by atoms with van der Waals surface area (Å²) in [6.45, 7) is 1.81. The van der Waals surface area contributed by atoms with E-state index < -0.39 is 0 Å². The van der Waals surface area contributed by atoms with Gasteiger partial charge in [-0.05, 0) is 5.56 Å². The van der Waals surface area contributed by atoms with E-state index in [0.29, 0.717) is 0 Å². The first-order chi connectivity index (χ1) is 7.90. The zero-order chi connectivity index (χ0) is 11.2. The molecule has 0 spiro atoms. The van der Waals surface area contributed by atoms with Gasteiger partial charge in [-0.3, -0.25) is 0 Å². The van der Waals surface area contributed by atoms with Gasteiger partial charge in [0.2, 0.25) is 5.13 Å². The standard InChI is InChI=1S/C11H12BrN3S/c12-6-7-15(11-14-13-9-16-11)8-10-4-2-1-3-5-10/h1-5,9H,6-8H2. The van der Waals surface area contributed by atoms with Gasteiger partial charge < -0.3 is 4.90 Å². The molecular weight excluding hydrogens is 286 g/mol. The van der Waals surface area contributed by atoms with E-state index in [9.17, 15) is 0 Å². The minimum absolute atomic E-state index is 0.877. The second-order valence-corrected chi connectivity index (χ2v) is 4.92. The average Bonchev–Trinajstić information content (AvgIpc) is 2.83. The summed E-state index contributed by atoms with van der Waals surface area (Å²) in [6.07, 6.45) is 0. The molecule has 2 aromatic rings. The zero-order valence-corrected chi connectivity index (χ0v) is 11.1. The monoisotopic (exact) mass is 297 g/mol. The molecule has 0 unspecified atom stereocenters. The summed E-state index contributed by atoms with van der Waals surface area (Å²) in [7, 11) is 0. The maximum atomic E-state index is 4.10. The van der Waals surface area contributed by atoms with Crippen LogP contribution >= 0.6 is 27.3 Å². The lowest BCUT2D eigenvalue weighted by molar-refractivity contribution is 0.822. The fraction of sp³-hybridized carbons (Fsp3) is 0.273. The normalized spacial score (nSPS) is 10.3. The highest BCUT2D eigenvalue weighted by Gasteiger charge is 2.09. The Balaban J connectivity index is 2.09. The largest absolute Gasteiger partial charge is 0.342 e. The van der Waals surface area contributed by atoms with Crippen LogP contribution in [0, 0.1) is 0 Å². The molecule has 0 bridgehead atoms. The first-order valence-electron chi connectivity index (χ1n) is 5.01. The second-order valence-electron chi connectivity index (χ2n) is 3.32. The van der Waals surface area contributed by atoms with E-state index in [2.05, 4.69) is 55.3 Å². The Kier molecular flexibility index (Phi) is 4.30. The molecular formula is C11H12BrN3S. The van der Waals surface area contributed by atoms with E-state index in [-0.39, 0.29) is 0 Å². The Bertz CT molecular complexity index is 404. The topological polar surface area (TPSA) is 29.0 Å². The van der Waals surface area contributed by atoms with Crippen LogP contribution < -0.4 is 4.90 Å². The predicted octanol–water partition coefficient (Wildman–Crippen LogP) is 2.94. The van der Waals surface area contributed by atoms with Crippen molar-refractivity contribution in [1.82, 2.24) is 10.2 Å². The van der Waals surface area contributed by atoms with Gasteiger partial charge in [0.15, 0.2) is 0 Å². The molecule has 16 heavy (non-hydrogen) atoms. The molecule has 84 valence electrons. The molecule has 0 aliphatic heterocycles. The van der Waals surface area contributed by atoms with Crippen LogP contribution in [0.25, 0.3) is 0 Å². The highest BCUT2D eigenvalue weighted by atomic mass is 79.9. The van der Waals surface area contributed by atoms with Gasteiger partial charge in [-0.2, -0.15) is 0 Å². The smallest absolute Gasteiger partial charge is 0.208 e. The van der Waals surface area contributed by atoms with Crippen LogP contribution in [-0.2, 0) is 6.54 Å². The number of halogens is 1. The van der Waals surface area contributed by atoms with Crippen molar-refractivity contribution in [3.8, 4) is 0 Å². The van der Waals surface area contributed by atoms with E-state index in [1.54, 1.807) is 16.8 Å². The Morgan fingerprint density at radius 1 is 1.25 bits per heavy atom. The van der Waals surface area contributed by atoms with Crippen LogP contribution in [0.3, 0.4) is 0 Å². The molecule has 0 N–H and O–H groups in total. The van der Waals surface area contributed by atoms with E-state index in [0.717, 1.165) is 23.6 Å². The minimum atomic E-state index is 0.877. The lowest BCUT2D eigenvalue weighted by Crippen LogP contribution is -2.24. The van der Waals surface area contributed by atoms with Crippen molar-refractivity contribution in [2.24, 2.45) is 0 Å². The van der Waals surface area contributed by atoms with Crippen molar-refractivity contribution < 1.29 is 0 Å². The van der Waals surface area contributed by atoms with Crippen molar-refractivity contribution in [1.29, 1.82) is 0 Å². The molecule has 0 aliphatic rings. The average molecular weight is 298 g/mol. The van der Waals surface area contributed by atoms with Crippen molar-refractivity contribution in [2.45, 2.75) is 6.54 Å². The Morgan fingerprint density at radius 2 is 2.06 bits per heavy atom. The van der Waals surface area contributed by atoms with Crippen LogP contribution in [-0.4, -0.2) is 22.1 Å². The van der Waals surface area contributed by atoms with Gasteiger partial charge in [0.1, 0.15) is 5.51 Å². The summed E-state index contributed by atoms with van der Waals surface area (Å²) in [5.74, 6) is 0. The summed E-state index contributed by atoms with van der Waals surface area (Å²) < 4.78 is 0. The molecule has 0 aliphatic carbocycles. The number of hydrogen-bond acceptors (Lipinski definition) is 4. The second kappa shape index (κ2) is 5.96. The van der Waals surface area contributed by atoms with Gasteiger partial charge in [-0.25, -0.2) is 0 Å². The Labute approximate surface area is 107 Å². The van der Waals surface area contributed by atoms with Gasteiger partial charge in [0.25, 0.3) is 0 Å². The number of anilines is 1. The lowest BCUT2D eigenvalue weighted by atomic mass is 10.2. The van der Waals surface area contributed by atoms with Gasteiger partial charge in [0, 0.05) is 18.4 Å². The van der Waals surface area contributed by atoms with Crippen LogP contribution in [0.4, 0.5) is 5.13 Å². The number of benzene rings is 1. The fourth-order valence-electron chi connectivity index (χ4n) is 1.45. The Hall–Kier alpha value is -0.940. The van der Waals surface area contributed by atoms with E-state index in [1.807, 2.05) is 6.07 Å². The molecule has 0 saturated carbocycles. The molecule has 0 radical (unpaired) electrons. The maximum absolute atomic E-state index is 4.10. The van der Waals surface area contributed by atoms with E-state index >= 15 is 0 Å². The highest BCUT2D eigenvalue weighted by molar-refractivity contribution is 9.09. The third kappa shape index (κ3) is 3.02. The van der Waals surface area contributed by atoms with Crippen molar-refractivity contribution >= 4 is 32.4 Å². The molecule has 3 nitrogen and oxygen atoms in total. The molecule has 0 amide bonds. The third-order valence-electron chi connectivity index (χ3n) is 2.19. The zero-order valence-electron chi connectivity index (χ0n) is 8.71. The van der Waals surface area contributed by atoms with E-state index in [1.165, 1.54) is 5.56 Å². The minimum Gasteiger partial charge on any atom is -0.342 e. The van der Waals surface area contributed by atoms with Crippen LogP contribution in [0.5, 0.6) is 0 Å². The van der Waals surface area contributed by atoms with Crippen molar-refractivity contribution in [3.05, 3.63) is 41.4 Å². The van der Waals surface area contributed by atoms with Crippen LogP contribution in [0.1, 0.15) is 5.56 Å². The summed E-state index contributed by atoms with van der Waals surface area (Å²) in [5.41, 5.74) is 3.06. The van der Waals surface area contributed by atoms with Crippen LogP contribution in [0.15, 0.2) is 35.8 Å². The molecule has 1 aromatic carbocycles. The first-order valence-corrected chi connectivity index (χ1v) is 7.01. The molecule has 5 heteroatoms. The van der Waals surface area contributed by atoms with Crippen molar-refractivity contribution in [2.75, 3.05) is 16.8 Å². The molecule has 0 saturated heterocycles. The van der Waals surface area contributed by atoms with Gasteiger partial charge in [-0.15, -0.1) is 10.2 Å². The molecule has 0 fully saturated rings. The maximum Gasteiger partial charge on any atom is 0.208 e. The first kappa shape index (κ1) is 11.5. The third-order valence-corrected chi connectivity index (χ3v) is 3.29. The number of alkyl halides is 1. The number of nitrogens with zero attached hydrogens (tertiary/aromatic N) is 3. The molecule has 2 rings (SSSR count).